The Hall–Kier alpha value is -1.56. The third-order valence-electron chi connectivity index (χ3n) is 2.15. The van der Waals surface area contributed by atoms with E-state index >= 15 is 0 Å². The summed E-state index contributed by atoms with van der Waals surface area (Å²) in [6, 6.07) is 7.01. The van der Waals surface area contributed by atoms with Gasteiger partial charge in [0, 0.05) is 4.47 Å². The van der Waals surface area contributed by atoms with Gasteiger partial charge >= 0.3 is 5.97 Å². The molecule has 0 bridgehead atoms. The van der Waals surface area contributed by atoms with Crippen LogP contribution in [0.15, 0.2) is 28.7 Å². The van der Waals surface area contributed by atoms with Crippen molar-refractivity contribution < 1.29 is 19.1 Å². The molecule has 5 nitrogen and oxygen atoms in total. The fraction of sp³-hybridized carbons (Fsp3) is 0.333. The van der Waals surface area contributed by atoms with Gasteiger partial charge in [-0.25, -0.2) is 4.79 Å². The number of ether oxygens (including phenoxy) is 2. The maximum Gasteiger partial charge on any atom is 0.347 e. The molecule has 1 aromatic carbocycles. The number of hydrogen-bond donors (Lipinski definition) is 1. The second kappa shape index (κ2) is 6.39. The van der Waals surface area contributed by atoms with Gasteiger partial charge < -0.3 is 15.2 Å². The van der Waals surface area contributed by atoms with Gasteiger partial charge in [0.1, 0.15) is 5.75 Å². The van der Waals surface area contributed by atoms with Gasteiger partial charge in [-0.1, -0.05) is 15.9 Å². The number of nitrogens with two attached hydrogens (primary N) is 1. The predicted molar refractivity (Wildman–Crippen MR) is 69.0 cm³/mol. The number of esters is 1. The molecule has 0 unspecified atom stereocenters. The lowest BCUT2D eigenvalue weighted by atomic mass is 10.3. The second-order valence-corrected chi connectivity index (χ2v) is 4.61. The van der Waals surface area contributed by atoms with Crippen LogP contribution in [0.25, 0.3) is 0 Å². The van der Waals surface area contributed by atoms with Crippen LogP contribution in [0, 0.1) is 0 Å². The summed E-state index contributed by atoms with van der Waals surface area (Å²) in [7, 11) is 0. The number of carbonyl (C=O) groups excluding carboxylic acids is 2. The molecular formula is C12H14BrNO4. The molecule has 0 aliphatic heterocycles. The maximum atomic E-state index is 11.6. The summed E-state index contributed by atoms with van der Waals surface area (Å²) < 4.78 is 11.1. The third kappa shape index (κ3) is 4.37. The van der Waals surface area contributed by atoms with Crippen LogP contribution in [-0.2, 0) is 14.3 Å². The van der Waals surface area contributed by atoms with E-state index in [0.717, 1.165) is 4.47 Å². The van der Waals surface area contributed by atoms with Crippen LogP contribution in [-0.4, -0.2) is 24.1 Å². The lowest BCUT2D eigenvalue weighted by Gasteiger charge is -2.16. The molecule has 1 rings (SSSR count). The highest BCUT2D eigenvalue weighted by Gasteiger charge is 2.21. The van der Waals surface area contributed by atoms with Crippen molar-refractivity contribution in [3.8, 4) is 5.75 Å². The summed E-state index contributed by atoms with van der Waals surface area (Å²) in [4.78, 5) is 22.3. The number of primary amides is 1. The maximum absolute atomic E-state index is 11.6. The summed E-state index contributed by atoms with van der Waals surface area (Å²) >= 11 is 3.29. The minimum Gasteiger partial charge on any atom is -0.479 e. The van der Waals surface area contributed by atoms with Gasteiger partial charge in [0.25, 0.3) is 5.91 Å². The first kappa shape index (κ1) is 14.5. The van der Waals surface area contributed by atoms with Gasteiger partial charge in [0.05, 0.1) is 0 Å². The minimum atomic E-state index is -0.964. The molecular weight excluding hydrogens is 302 g/mol. The molecule has 98 valence electrons. The lowest BCUT2D eigenvalue weighted by Crippen LogP contribution is -2.35. The second-order valence-electron chi connectivity index (χ2n) is 3.70. The van der Waals surface area contributed by atoms with Crippen molar-refractivity contribution in [1.29, 1.82) is 0 Å². The number of amides is 1. The zero-order valence-corrected chi connectivity index (χ0v) is 11.6. The first-order valence-electron chi connectivity index (χ1n) is 5.32. The first-order chi connectivity index (χ1) is 8.40. The number of rotatable bonds is 5. The highest BCUT2D eigenvalue weighted by atomic mass is 79.9. The number of carbonyl (C=O) groups is 2. The van der Waals surface area contributed by atoms with Gasteiger partial charge in [-0.15, -0.1) is 0 Å². The Morgan fingerprint density at radius 1 is 1.17 bits per heavy atom. The Kier molecular flexibility index (Phi) is 5.15. The minimum absolute atomic E-state index is 0.536. The summed E-state index contributed by atoms with van der Waals surface area (Å²) in [5.41, 5.74) is 4.99. The Morgan fingerprint density at radius 3 is 2.22 bits per heavy atom. The van der Waals surface area contributed by atoms with Crippen molar-refractivity contribution in [2.75, 3.05) is 0 Å². The van der Waals surface area contributed by atoms with Gasteiger partial charge in [0.2, 0.25) is 0 Å². The van der Waals surface area contributed by atoms with Crippen molar-refractivity contribution >= 4 is 27.8 Å². The molecule has 0 saturated heterocycles. The van der Waals surface area contributed by atoms with Gasteiger partial charge in [-0.3, -0.25) is 4.79 Å². The third-order valence-corrected chi connectivity index (χ3v) is 2.68. The molecule has 0 saturated carbocycles. The molecule has 18 heavy (non-hydrogen) atoms. The quantitative estimate of drug-likeness (QED) is 0.838. The smallest absolute Gasteiger partial charge is 0.347 e. The first-order valence-corrected chi connectivity index (χ1v) is 6.11. The molecule has 0 aromatic heterocycles. The van der Waals surface area contributed by atoms with Crippen LogP contribution in [0.3, 0.4) is 0 Å². The highest BCUT2D eigenvalue weighted by Crippen LogP contribution is 2.17. The van der Waals surface area contributed by atoms with E-state index < -0.39 is 24.1 Å². The van der Waals surface area contributed by atoms with Crippen LogP contribution in [0.4, 0.5) is 0 Å². The SMILES string of the molecule is C[C@H](OC(=O)[C@@H](C)Oc1ccc(Br)cc1)C(N)=O. The summed E-state index contributed by atoms with van der Waals surface area (Å²) in [5.74, 6) is -0.794. The van der Waals surface area contributed by atoms with E-state index in [2.05, 4.69) is 15.9 Å². The number of benzene rings is 1. The molecule has 1 amide bonds. The molecule has 2 atom stereocenters. The van der Waals surface area contributed by atoms with E-state index in [1.54, 1.807) is 24.3 Å². The Labute approximate surface area is 113 Å². The molecule has 6 heteroatoms. The van der Waals surface area contributed by atoms with Gasteiger partial charge in [-0.05, 0) is 38.1 Å². The van der Waals surface area contributed by atoms with E-state index in [9.17, 15) is 9.59 Å². The zero-order valence-electron chi connectivity index (χ0n) is 10.1. The van der Waals surface area contributed by atoms with Gasteiger partial charge in [-0.2, -0.15) is 0 Å². The molecule has 0 fully saturated rings. The van der Waals surface area contributed by atoms with E-state index in [4.69, 9.17) is 15.2 Å². The average molecular weight is 316 g/mol. The number of hydrogen-bond acceptors (Lipinski definition) is 4. The number of halogens is 1. The van der Waals surface area contributed by atoms with E-state index in [1.807, 2.05) is 0 Å². The lowest BCUT2D eigenvalue weighted by molar-refractivity contribution is -0.159. The average Bonchev–Trinajstić information content (AvgIpc) is 2.31. The molecule has 0 aliphatic carbocycles. The zero-order chi connectivity index (χ0) is 13.7. The van der Waals surface area contributed by atoms with Crippen molar-refractivity contribution in [3.05, 3.63) is 28.7 Å². The summed E-state index contributed by atoms with van der Waals surface area (Å²) in [5, 5.41) is 0. The predicted octanol–water partition coefficient (Wildman–Crippen LogP) is 1.63. The molecule has 2 N–H and O–H groups in total. The molecule has 0 heterocycles. The highest BCUT2D eigenvalue weighted by molar-refractivity contribution is 9.10. The Balaban J connectivity index is 2.54. The van der Waals surface area contributed by atoms with Crippen molar-refractivity contribution in [1.82, 2.24) is 0 Å². The van der Waals surface area contributed by atoms with Crippen LogP contribution < -0.4 is 10.5 Å². The van der Waals surface area contributed by atoms with Crippen LogP contribution in [0.2, 0.25) is 0 Å². The van der Waals surface area contributed by atoms with Crippen molar-refractivity contribution in [2.24, 2.45) is 5.73 Å². The topological polar surface area (TPSA) is 78.6 Å². The van der Waals surface area contributed by atoms with Gasteiger partial charge in [0.15, 0.2) is 12.2 Å². The van der Waals surface area contributed by atoms with E-state index in [-0.39, 0.29) is 0 Å². The fourth-order valence-corrected chi connectivity index (χ4v) is 1.36. The fourth-order valence-electron chi connectivity index (χ4n) is 1.09. The van der Waals surface area contributed by atoms with Crippen LogP contribution >= 0.6 is 15.9 Å². The standard InChI is InChI=1S/C12H14BrNO4/c1-7(11(14)15)18-12(16)8(2)17-10-5-3-9(13)4-6-10/h3-8H,1-2H3,(H2,14,15)/t7-,8+/m0/s1. The summed E-state index contributed by atoms with van der Waals surface area (Å²) in [6.07, 6.45) is -1.78. The van der Waals surface area contributed by atoms with Crippen molar-refractivity contribution in [3.63, 3.8) is 0 Å². The molecule has 0 spiro atoms. The normalized spacial score (nSPS) is 13.5. The van der Waals surface area contributed by atoms with Crippen LogP contribution in [0.1, 0.15) is 13.8 Å². The largest absolute Gasteiger partial charge is 0.479 e. The molecule has 1 aromatic rings. The molecule has 0 radical (unpaired) electrons. The van der Waals surface area contributed by atoms with E-state index in [0.29, 0.717) is 5.75 Å². The van der Waals surface area contributed by atoms with Crippen molar-refractivity contribution in [2.45, 2.75) is 26.1 Å². The van der Waals surface area contributed by atoms with Crippen LogP contribution in [0.5, 0.6) is 5.75 Å². The Bertz CT molecular complexity index is 432. The monoisotopic (exact) mass is 315 g/mol. The Morgan fingerprint density at radius 2 is 1.72 bits per heavy atom. The molecule has 0 aliphatic rings. The van der Waals surface area contributed by atoms with E-state index in [1.165, 1.54) is 13.8 Å². The summed E-state index contributed by atoms with van der Waals surface area (Å²) in [6.45, 7) is 2.95.